The van der Waals surface area contributed by atoms with Gasteiger partial charge in [0.2, 0.25) is 0 Å². The Labute approximate surface area is 65.7 Å². The molecule has 0 N–H and O–H groups in total. The van der Waals surface area contributed by atoms with Crippen LogP contribution in [0.5, 0.6) is 5.75 Å². The van der Waals surface area contributed by atoms with Gasteiger partial charge in [-0.05, 0) is 34.7 Å². The molecule has 0 radical (unpaired) electrons. The quantitative estimate of drug-likeness (QED) is 0.627. The van der Waals surface area contributed by atoms with Gasteiger partial charge in [-0.15, -0.1) is 0 Å². The van der Waals surface area contributed by atoms with Crippen molar-refractivity contribution in [3.8, 4) is 5.75 Å². The van der Waals surface area contributed by atoms with Gasteiger partial charge >= 0.3 is 0 Å². The Bertz CT molecular complexity index is 224. The summed E-state index contributed by atoms with van der Waals surface area (Å²) in [7, 11) is 0. The second-order valence-electron chi connectivity index (χ2n) is 1.57. The average Bonchev–Trinajstić information content (AvgIpc) is 1.80. The van der Waals surface area contributed by atoms with Crippen LogP contribution < -0.4 is 5.11 Å². The molecule has 3 heteroatoms. The van der Waals surface area contributed by atoms with Crippen molar-refractivity contribution in [2.45, 2.75) is 0 Å². The van der Waals surface area contributed by atoms with Crippen LogP contribution in [0.3, 0.4) is 0 Å². The third-order valence-electron chi connectivity index (χ3n) is 0.893. The molecule has 48 valence electrons. The van der Waals surface area contributed by atoms with E-state index in [4.69, 9.17) is 0 Å². The van der Waals surface area contributed by atoms with Crippen LogP contribution in [0, 0.1) is 9.39 Å². The predicted molar refractivity (Wildman–Crippen MR) is 38.6 cm³/mol. The molecule has 1 aromatic carbocycles. The standard InChI is InChI=1S/C6H4FIO/c7-5-2-1-4(8)3-6(5)9/h1-3,9H/p-1. The molecule has 0 heterocycles. The van der Waals surface area contributed by atoms with Gasteiger partial charge in [0.15, 0.2) is 0 Å². The van der Waals surface area contributed by atoms with E-state index >= 15 is 0 Å². The zero-order valence-electron chi connectivity index (χ0n) is 4.40. The van der Waals surface area contributed by atoms with E-state index in [-0.39, 0.29) is 0 Å². The lowest BCUT2D eigenvalue weighted by molar-refractivity contribution is -0.272. The van der Waals surface area contributed by atoms with Crippen LogP contribution in [0.4, 0.5) is 4.39 Å². The molecule has 0 unspecified atom stereocenters. The first-order valence-electron chi connectivity index (χ1n) is 2.32. The van der Waals surface area contributed by atoms with Crippen molar-refractivity contribution in [3.63, 3.8) is 0 Å². The fourth-order valence-corrected chi connectivity index (χ4v) is 0.940. The molecule has 0 amide bonds. The lowest BCUT2D eigenvalue weighted by Crippen LogP contribution is -1.93. The molecule has 0 spiro atoms. The molecule has 1 aromatic rings. The monoisotopic (exact) mass is 237 g/mol. The lowest BCUT2D eigenvalue weighted by atomic mass is 10.3. The van der Waals surface area contributed by atoms with Crippen molar-refractivity contribution < 1.29 is 9.50 Å². The van der Waals surface area contributed by atoms with Crippen LogP contribution in [0.15, 0.2) is 18.2 Å². The predicted octanol–water partition coefficient (Wildman–Crippen LogP) is 1.50. The zero-order chi connectivity index (χ0) is 6.85. The third kappa shape index (κ3) is 1.54. The van der Waals surface area contributed by atoms with Gasteiger partial charge in [0, 0.05) is 3.57 Å². The summed E-state index contributed by atoms with van der Waals surface area (Å²) in [5.41, 5.74) is 0. The summed E-state index contributed by atoms with van der Waals surface area (Å²) in [5, 5.41) is 10.5. The topological polar surface area (TPSA) is 23.1 Å². The molecular formula is C6H3FIO-. The summed E-state index contributed by atoms with van der Waals surface area (Å²) in [5.74, 6) is -1.22. The van der Waals surface area contributed by atoms with E-state index in [2.05, 4.69) is 0 Å². The van der Waals surface area contributed by atoms with E-state index in [1.807, 2.05) is 22.6 Å². The first-order valence-corrected chi connectivity index (χ1v) is 3.40. The minimum atomic E-state index is -0.685. The van der Waals surface area contributed by atoms with Crippen molar-refractivity contribution >= 4 is 22.6 Å². The second kappa shape index (κ2) is 2.51. The molecule has 0 aliphatic rings. The van der Waals surface area contributed by atoms with Gasteiger partial charge in [-0.25, -0.2) is 4.39 Å². The molecule has 0 aromatic heterocycles. The molecule has 0 saturated heterocycles. The fraction of sp³-hybridized carbons (Fsp3) is 0. The van der Waals surface area contributed by atoms with Crippen molar-refractivity contribution in [1.82, 2.24) is 0 Å². The molecule has 0 saturated carbocycles. The van der Waals surface area contributed by atoms with Gasteiger partial charge in [0.1, 0.15) is 5.82 Å². The van der Waals surface area contributed by atoms with Crippen LogP contribution in [0.1, 0.15) is 0 Å². The second-order valence-corrected chi connectivity index (χ2v) is 2.82. The highest BCUT2D eigenvalue weighted by atomic mass is 127. The van der Waals surface area contributed by atoms with Crippen LogP contribution >= 0.6 is 22.6 Å². The van der Waals surface area contributed by atoms with E-state index in [0.717, 1.165) is 3.57 Å². The molecule has 0 bridgehead atoms. The Morgan fingerprint density at radius 3 is 2.56 bits per heavy atom. The number of hydrogen-bond acceptors (Lipinski definition) is 1. The van der Waals surface area contributed by atoms with Gasteiger partial charge < -0.3 is 5.11 Å². The largest absolute Gasteiger partial charge is 0.870 e. The van der Waals surface area contributed by atoms with Crippen LogP contribution in [-0.2, 0) is 0 Å². The number of hydrogen-bond donors (Lipinski definition) is 0. The summed E-state index contributed by atoms with van der Waals surface area (Å²) >= 11 is 1.96. The number of halogens is 2. The Kier molecular flexibility index (Phi) is 1.90. The summed E-state index contributed by atoms with van der Waals surface area (Å²) < 4.78 is 12.9. The highest BCUT2D eigenvalue weighted by Gasteiger charge is 1.89. The maximum absolute atomic E-state index is 12.2. The summed E-state index contributed by atoms with van der Waals surface area (Å²) in [6, 6.07) is 3.98. The lowest BCUT2D eigenvalue weighted by Gasteiger charge is -2.04. The van der Waals surface area contributed by atoms with Crippen molar-refractivity contribution in [2.75, 3.05) is 0 Å². The van der Waals surface area contributed by atoms with E-state index < -0.39 is 11.6 Å². The maximum atomic E-state index is 12.2. The van der Waals surface area contributed by atoms with Gasteiger partial charge in [-0.2, -0.15) is 0 Å². The smallest absolute Gasteiger partial charge is 0.115 e. The number of benzene rings is 1. The Balaban J connectivity index is 3.17. The van der Waals surface area contributed by atoms with Crippen LogP contribution in [-0.4, -0.2) is 0 Å². The molecule has 0 aliphatic heterocycles. The minimum Gasteiger partial charge on any atom is -0.870 e. The zero-order valence-corrected chi connectivity index (χ0v) is 6.55. The number of rotatable bonds is 0. The molecule has 1 rings (SSSR count). The highest BCUT2D eigenvalue weighted by molar-refractivity contribution is 14.1. The SMILES string of the molecule is [O-]c1cc(I)ccc1F. The first kappa shape index (κ1) is 6.80. The van der Waals surface area contributed by atoms with Crippen molar-refractivity contribution in [3.05, 3.63) is 27.6 Å². The molecule has 0 atom stereocenters. The molecule has 0 fully saturated rings. The average molecular weight is 237 g/mol. The third-order valence-corrected chi connectivity index (χ3v) is 1.56. The van der Waals surface area contributed by atoms with Crippen LogP contribution in [0.2, 0.25) is 0 Å². The molecule has 0 aliphatic carbocycles. The Morgan fingerprint density at radius 1 is 1.44 bits per heavy atom. The van der Waals surface area contributed by atoms with Gasteiger partial charge in [0.25, 0.3) is 0 Å². The molecule has 9 heavy (non-hydrogen) atoms. The van der Waals surface area contributed by atoms with E-state index in [1.54, 1.807) is 6.07 Å². The van der Waals surface area contributed by atoms with Gasteiger partial charge in [-0.3, -0.25) is 0 Å². The first-order chi connectivity index (χ1) is 4.20. The van der Waals surface area contributed by atoms with E-state index in [1.165, 1.54) is 12.1 Å². The highest BCUT2D eigenvalue weighted by Crippen LogP contribution is 2.14. The molecule has 1 nitrogen and oxygen atoms in total. The van der Waals surface area contributed by atoms with Crippen molar-refractivity contribution in [1.29, 1.82) is 0 Å². The van der Waals surface area contributed by atoms with Gasteiger partial charge in [-0.1, -0.05) is 11.8 Å². The fourth-order valence-electron chi connectivity index (χ4n) is 0.477. The Morgan fingerprint density at radius 2 is 2.11 bits per heavy atom. The van der Waals surface area contributed by atoms with Gasteiger partial charge in [0.05, 0.1) is 0 Å². The maximum Gasteiger partial charge on any atom is 0.115 e. The van der Waals surface area contributed by atoms with Crippen LogP contribution in [0.25, 0.3) is 0 Å². The van der Waals surface area contributed by atoms with E-state index in [9.17, 15) is 9.50 Å². The summed E-state index contributed by atoms with van der Waals surface area (Å²) in [6.45, 7) is 0. The Hall–Kier alpha value is -0.320. The van der Waals surface area contributed by atoms with Crippen molar-refractivity contribution in [2.24, 2.45) is 0 Å². The summed E-state index contributed by atoms with van der Waals surface area (Å²) in [4.78, 5) is 0. The van der Waals surface area contributed by atoms with E-state index in [0.29, 0.717) is 0 Å². The minimum absolute atomic E-state index is 0.540. The molecular weight excluding hydrogens is 234 g/mol. The normalized spacial score (nSPS) is 9.56. The summed E-state index contributed by atoms with van der Waals surface area (Å²) in [6.07, 6.45) is 0.